The fourth-order valence-corrected chi connectivity index (χ4v) is 1.02. The highest BCUT2D eigenvalue weighted by molar-refractivity contribution is 5.48. The van der Waals surface area contributed by atoms with E-state index < -0.39 is 0 Å². The zero-order chi connectivity index (χ0) is 8.55. The molecule has 2 rings (SSSR count). The van der Waals surface area contributed by atoms with Crippen molar-refractivity contribution in [3.63, 3.8) is 0 Å². The van der Waals surface area contributed by atoms with Crippen LogP contribution >= 0.6 is 0 Å². The highest BCUT2D eigenvalue weighted by Gasteiger charge is 2.05. The van der Waals surface area contributed by atoms with Gasteiger partial charge in [0, 0.05) is 18.0 Å². The molecule has 0 aliphatic rings. The van der Waals surface area contributed by atoms with E-state index in [2.05, 4.69) is 15.1 Å². The van der Waals surface area contributed by atoms with Gasteiger partial charge in [0.15, 0.2) is 5.82 Å². The van der Waals surface area contributed by atoms with Crippen molar-refractivity contribution in [2.75, 3.05) is 0 Å². The van der Waals surface area contributed by atoms with Crippen LogP contribution < -0.4 is 0 Å². The highest BCUT2D eigenvalue weighted by atomic mass is 16.5. The summed E-state index contributed by atoms with van der Waals surface area (Å²) in [7, 11) is 0. The molecule has 0 atom stereocenters. The number of hydrogen-bond acceptors (Lipinski definition) is 3. The standard InChI is InChI=1S/C8H9N3O/c1-5-4-9-8(10-5)7-3-6(2)12-11-7/h3-4H,1-2H3,(H,9,10). The fraction of sp³-hybridized carbons (Fsp3) is 0.250. The van der Waals surface area contributed by atoms with Crippen LogP contribution in [0.25, 0.3) is 11.5 Å². The van der Waals surface area contributed by atoms with Gasteiger partial charge in [-0.25, -0.2) is 4.98 Å². The molecule has 0 aliphatic carbocycles. The lowest BCUT2D eigenvalue weighted by molar-refractivity contribution is 0.399. The first kappa shape index (κ1) is 7.09. The van der Waals surface area contributed by atoms with Crippen molar-refractivity contribution in [2.24, 2.45) is 0 Å². The molecule has 0 unspecified atom stereocenters. The normalized spacial score (nSPS) is 10.5. The maximum atomic E-state index is 4.92. The molecule has 0 radical (unpaired) electrons. The molecule has 2 aromatic rings. The SMILES string of the molecule is Cc1cnc(-c2cc(C)on2)[nH]1. The molecule has 0 spiro atoms. The minimum Gasteiger partial charge on any atom is -0.361 e. The summed E-state index contributed by atoms with van der Waals surface area (Å²) in [6.07, 6.45) is 1.76. The van der Waals surface area contributed by atoms with E-state index >= 15 is 0 Å². The molecule has 0 bridgehead atoms. The average Bonchev–Trinajstić information content (AvgIpc) is 2.58. The smallest absolute Gasteiger partial charge is 0.159 e. The molecule has 12 heavy (non-hydrogen) atoms. The molecule has 2 aromatic heterocycles. The average molecular weight is 163 g/mol. The fourth-order valence-electron chi connectivity index (χ4n) is 1.02. The van der Waals surface area contributed by atoms with E-state index in [9.17, 15) is 0 Å². The van der Waals surface area contributed by atoms with Gasteiger partial charge >= 0.3 is 0 Å². The predicted molar refractivity (Wildman–Crippen MR) is 43.6 cm³/mol. The van der Waals surface area contributed by atoms with E-state index in [0.717, 1.165) is 23.0 Å². The number of imidazole rings is 1. The third kappa shape index (κ3) is 1.11. The Morgan fingerprint density at radius 1 is 1.42 bits per heavy atom. The summed E-state index contributed by atoms with van der Waals surface area (Å²) >= 11 is 0. The maximum absolute atomic E-state index is 4.92. The molecular weight excluding hydrogens is 154 g/mol. The van der Waals surface area contributed by atoms with Crippen molar-refractivity contribution in [1.82, 2.24) is 15.1 Å². The lowest BCUT2D eigenvalue weighted by Gasteiger charge is -1.84. The van der Waals surface area contributed by atoms with E-state index in [4.69, 9.17) is 4.52 Å². The first-order valence-electron chi connectivity index (χ1n) is 3.71. The number of H-pyrrole nitrogens is 1. The number of hydrogen-bond donors (Lipinski definition) is 1. The van der Waals surface area contributed by atoms with Gasteiger partial charge in [-0.2, -0.15) is 0 Å². The van der Waals surface area contributed by atoms with E-state index in [1.807, 2.05) is 19.9 Å². The Balaban J connectivity index is 2.43. The number of aromatic nitrogens is 3. The first-order valence-corrected chi connectivity index (χ1v) is 3.71. The Labute approximate surface area is 69.6 Å². The molecule has 0 saturated heterocycles. The van der Waals surface area contributed by atoms with Crippen molar-refractivity contribution in [3.8, 4) is 11.5 Å². The van der Waals surface area contributed by atoms with Gasteiger partial charge < -0.3 is 9.51 Å². The van der Waals surface area contributed by atoms with Crippen molar-refractivity contribution in [2.45, 2.75) is 13.8 Å². The van der Waals surface area contributed by atoms with Gasteiger partial charge in [-0.15, -0.1) is 0 Å². The van der Waals surface area contributed by atoms with Crippen LogP contribution in [0.2, 0.25) is 0 Å². The number of aromatic amines is 1. The minimum atomic E-state index is 0.751. The molecule has 0 aromatic carbocycles. The van der Waals surface area contributed by atoms with Gasteiger partial charge in [0.05, 0.1) is 0 Å². The molecule has 0 fully saturated rings. The van der Waals surface area contributed by atoms with Crippen LogP contribution in [0.1, 0.15) is 11.5 Å². The molecule has 0 aliphatic heterocycles. The monoisotopic (exact) mass is 163 g/mol. The van der Waals surface area contributed by atoms with E-state index in [-0.39, 0.29) is 0 Å². The first-order chi connectivity index (χ1) is 5.75. The molecule has 1 N–H and O–H groups in total. The Bertz CT molecular complexity index is 350. The lowest BCUT2D eigenvalue weighted by Crippen LogP contribution is -1.78. The number of rotatable bonds is 1. The molecule has 0 saturated carbocycles. The second-order valence-electron chi connectivity index (χ2n) is 2.74. The molecule has 4 nitrogen and oxygen atoms in total. The lowest BCUT2D eigenvalue weighted by atomic mass is 10.4. The molecule has 0 amide bonds. The van der Waals surface area contributed by atoms with E-state index in [0.29, 0.717) is 0 Å². The second kappa shape index (κ2) is 2.48. The van der Waals surface area contributed by atoms with Crippen molar-refractivity contribution < 1.29 is 4.52 Å². The van der Waals surface area contributed by atoms with Gasteiger partial charge in [0.25, 0.3) is 0 Å². The van der Waals surface area contributed by atoms with Crippen LogP contribution in [0.15, 0.2) is 16.8 Å². The summed E-state index contributed by atoms with van der Waals surface area (Å²) in [5.41, 5.74) is 1.77. The van der Waals surface area contributed by atoms with Gasteiger partial charge in [-0.3, -0.25) is 0 Å². The van der Waals surface area contributed by atoms with Crippen LogP contribution in [-0.4, -0.2) is 15.1 Å². The van der Waals surface area contributed by atoms with Gasteiger partial charge in [0.1, 0.15) is 11.5 Å². The summed E-state index contributed by atoms with van der Waals surface area (Å²) < 4.78 is 4.92. The number of nitrogens with zero attached hydrogens (tertiary/aromatic N) is 2. The summed E-state index contributed by atoms with van der Waals surface area (Å²) in [5.74, 6) is 1.54. The van der Waals surface area contributed by atoms with Crippen LogP contribution in [0.3, 0.4) is 0 Å². The Kier molecular flexibility index (Phi) is 1.46. The number of aryl methyl sites for hydroxylation is 2. The molecule has 2 heterocycles. The van der Waals surface area contributed by atoms with Crippen molar-refractivity contribution >= 4 is 0 Å². The summed E-state index contributed by atoms with van der Waals surface area (Å²) in [4.78, 5) is 7.19. The third-order valence-corrected chi connectivity index (χ3v) is 1.57. The van der Waals surface area contributed by atoms with Crippen LogP contribution in [-0.2, 0) is 0 Å². The predicted octanol–water partition coefficient (Wildman–Crippen LogP) is 1.68. The van der Waals surface area contributed by atoms with Crippen LogP contribution in [0.5, 0.6) is 0 Å². The quantitative estimate of drug-likeness (QED) is 0.695. The van der Waals surface area contributed by atoms with Gasteiger partial charge in [0.2, 0.25) is 0 Å². The summed E-state index contributed by atoms with van der Waals surface area (Å²) in [6.45, 7) is 3.80. The molecule has 4 heteroatoms. The maximum Gasteiger partial charge on any atom is 0.159 e. The molecular formula is C8H9N3O. The van der Waals surface area contributed by atoms with Crippen LogP contribution in [0.4, 0.5) is 0 Å². The highest BCUT2D eigenvalue weighted by Crippen LogP contribution is 2.14. The Hall–Kier alpha value is -1.58. The van der Waals surface area contributed by atoms with Gasteiger partial charge in [-0.1, -0.05) is 5.16 Å². The summed E-state index contributed by atoms with van der Waals surface area (Å²) in [6, 6.07) is 1.85. The van der Waals surface area contributed by atoms with Gasteiger partial charge in [-0.05, 0) is 13.8 Å². The van der Waals surface area contributed by atoms with Crippen LogP contribution in [0, 0.1) is 13.8 Å². The van der Waals surface area contributed by atoms with Crippen molar-refractivity contribution in [3.05, 3.63) is 23.7 Å². The molecule has 62 valence electrons. The zero-order valence-electron chi connectivity index (χ0n) is 6.96. The Morgan fingerprint density at radius 2 is 2.25 bits per heavy atom. The zero-order valence-corrected chi connectivity index (χ0v) is 6.96. The van der Waals surface area contributed by atoms with Crippen molar-refractivity contribution in [1.29, 1.82) is 0 Å². The largest absolute Gasteiger partial charge is 0.361 e. The number of nitrogens with one attached hydrogen (secondary N) is 1. The summed E-state index contributed by atoms with van der Waals surface area (Å²) in [5, 5.41) is 3.83. The van der Waals surface area contributed by atoms with E-state index in [1.165, 1.54) is 0 Å². The second-order valence-corrected chi connectivity index (χ2v) is 2.74. The topological polar surface area (TPSA) is 54.7 Å². The third-order valence-electron chi connectivity index (χ3n) is 1.57. The minimum absolute atomic E-state index is 0.751. The van der Waals surface area contributed by atoms with E-state index in [1.54, 1.807) is 6.20 Å². The Morgan fingerprint density at radius 3 is 2.75 bits per heavy atom.